The number of anilines is 1. The highest BCUT2D eigenvalue weighted by Gasteiger charge is 2.14. The van der Waals surface area contributed by atoms with Crippen LogP contribution in [0.2, 0.25) is 0 Å². The quantitative estimate of drug-likeness (QED) is 0.873. The highest BCUT2D eigenvalue weighted by atomic mass is 32.2. The van der Waals surface area contributed by atoms with Crippen LogP contribution < -0.4 is 10.9 Å². The maximum absolute atomic E-state index is 11.5. The van der Waals surface area contributed by atoms with Crippen molar-refractivity contribution in [3.63, 3.8) is 0 Å². The lowest BCUT2D eigenvalue weighted by atomic mass is 10.2. The Kier molecular flexibility index (Phi) is 3.93. The average molecular weight is 238 g/mol. The fourth-order valence-corrected chi connectivity index (χ4v) is 3.07. The Morgan fingerprint density at radius 3 is 3.12 bits per heavy atom. The Morgan fingerprint density at radius 1 is 1.56 bits per heavy atom. The summed E-state index contributed by atoms with van der Waals surface area (Å²) in [6.45, 7) is 2.88. The molecule has 1 saturated heterocycles. The van der Waals surface area contributed by atoms with Crippen molar-refractivity contribution < 1.29 is 0 Å². The van der Waals surface area contributed by atoms with E-state index in [1.807, 2.05) is 24.0 Å². The van der Waals surface area contributed by atoms with Crippen LogP contribution in [0.15, 0.2) is 23.1 Å². The number of nitrogens with zero attached hydrogens (tertiary/aromatic N) is 1. The number of hydrogen-bond donors (Lipinski definition) is 1. The second-order valence-electron chi connectivity index (χ2n) is 4.15. The molecule has 1 aliphatic heterocycles. The Morgan fingerprint density at radius 2 is 2.44 bits per heavy atom. The van der Waals surface area contributed by atoms with Gasteiger partial charge in [-0.15, -0.1) is 0 Å². The molecule has 16 heavy (non-hydrogen) atoms. The number of rotatable bonds is 4. The molecule has 1 N–H and O–H groups in total. The van der Waals surface area contributed by atoms with Crippen molar-refractivity contribution in [3.05, 3.63) is 28.7 Å². The molecule has 88 valence electrons. The molecule has 3 nitrogen and oxygen atoms in total. The maximum Gasteiger partial charge on any atom is 0.250 e. The third-order valence-corrected chi connectivity index (χ3v) is 3.91. The van der Waals surface area contributed by atoms with Gasteiger partial charge in [-0.1, -0.05) is 6.92 Å². The molecule has 1 unspecified atom stereocenters. The lowest BCUT2D eigenvalue weighted by Gasteiger charge is -2.14. The third kappa shape index (κ3) is 2.82. The van der Waals surface area contributed by atoms with Crippen LogP contribution in [-0.4, -0.2) is 22.1 Å². The van der Waals surface area contributed by atoms with Crippen molar-refractivity contribution in [3.8, 4) is 0 Å². The molecule has 0 aliphatic carbocycles. The summed E-state index contributed by atoms with van der Waals surface area (Å²) in [6.07, 6.45) is 4.15. The van der Waals surface area contributed by atoms with E-state index in [1.165, 1.54) is 17.9 Å². The van der Waals surface area contributed by atoms with Crippen molar-refractivity contribution in [1.29, 1.82) is 0 Å². The first kappa shape index (κ1) is 11.6. The summed E-state index contributed by atoms with van der Waals surface area (Å²) in [4.78, 5) is 11.5. The fraction of sp³-hybridized carbons (Fsp3) is 0.583. The van der Waals surface area contributed by atoms with Crippen molar-refractivity contribution >= 4 is 17.4 Å². The minimum Gasteiger partial charge on any atom is -0.380 e. The van der Waals surface area contributed by atoms with Gasteiger partial charge in [0.05, 0.1) is 5.69 Å². The predicted octanol–water partition coefficient (Wildman–Crippen LogP) is 2.18. The molecule has 0 saturated carbocycles. The van der Waals surface area contributed by atoms with Crippen LogP contribution >= 0.6 is 11.8 Å². The van der Waals surface area contributed by atoms with Crippen molar-refractivity contribution in [1.82, 2.24) is 4.57 Å². The van der Waals surface area contributed by atoms with E-state index in [9.17, 15) is 4.79 Å². The van der Waals surface area contributed by atoms with E-state index >= 15 is 0 Å². The van der Waals surface area contributed by atoms with Gasteiger partial charge >= 0.3 is 0 Å². The summed E-state index contributed by atoms with van der Waals surface area (Å²) >= 11 is 1.99. The minimum atomic E-state index is 0.0909. The van der Waals surface area contributed by atoms with Crippen LogP contribution in [0.1, 0.15) is 19.8 Å². The fourth-order valence-electron chi connectivity index (χ4n) is 1.92. The molecular formula is C12H18N2OS. The number of aromatic nitrogens is 1. The zero-order valence-electron chi connectivity index (χ0n) is 9.61. The molecule has 0 bridgehead atoms. The van der Waals surface area contributed by atoms with Gasteiger partial charge in [0.1, 0.15) is 0 Å². The Balaban J connectivity index is 2.08. The minimum absolute atomic E-state index is 0.0909. The van der Waals surface area contributed by atoms with E-state index < -0.39 is 0 Å². The number of pyridine rings is 1. The molecular weight excluding hydrogens is 220 g/mol. The van der Waals surface area contributed by atoms with Crippen LogP contribution in [0.25, 0.3) is 0 Å². The summed E-state index contributed by atoms with van der Waals surface area (Å²) in [5.41, 5.74) is 1.16. The van der Waals surface area contributed by atoms with E-state index in [2.05, 4.69) is 12.2 Å². The average Bonchev–Trinajstić information content (AvgIpc) is 2.76. The van der Waals surface area contributed by atoms with Crippen LogP contribution in [0.5, 0.6) is 0 Å². The standard InChI is InChI=1S/C12H18N2OS/c1-2-6-14-8-10(3-4-12(14)15)13-11-5-7-16-9-11/h3-4,8,11,13H,2,5-7,9H2,1H3. The Hall–Kier alpha value is -0.900. The van der Waals surface area contributed by atoms with Gasteiger partial charge in [-0.05, 0) is 24.7 Å². The zero-order chi connectivity index (χ0) is 11.4. The van der Waals surface area contributed by atoms with Crippen molar-refractivity contribution in [2.45, 2.75) is 32.4 Å². The second-order valence-corrected chi connectivity index (χ2v) is 5.30. The van der Waals surface area contributed by atoms with E-state index in [-0.39, 0.29) is 5.56 Å². The van der Waals surface area contributed by atoms with Crippen molar-refractivity contribution in [2.24, 2.45) is 0 Å². The highest BCUT2D eigenvalue weighted by Crippen LogP contribution is 2.20. The number of hydrogen-bond acceptors (Lipinski definition) is 3. The molecule has 0 spiro atoms. The van der Waals surface area contributed by atoms with Crippen LogP contribution in [0.3, 0.4) is 0 Å². The molecule has 1 fully saturated rings. The van der Waals surface area contributed by atoms with Gasteiger partial charge in [0.25, 0.3) is 5.56 Å². The van der Waals surface area contributed by atoms with Gasteiger partial charge in [-0.2, -0.15) is 11.8 Å². The topological polar surface area (TPSA) is 34.0 Å². The van der Waals surface area contributed by atoms with E-state index in [1.54, 1.807) is 10.6 Å². The molecule has 0 aromatic carbocycles. The van der Waals surface area contributed by atoms with Crippen LogP contribution in [0.4, 0.5) is 5.69 Å². The number of aryl methyl sites for hydroxylation is 1. The SMILES string of the molecule is CCCn1cc(NC2CCSC2)ccc1=O. The first-order valence-electron chi connectivity index (χ1n) is 5.84. The highest BCUT2D eigenvalue weighted by molar-refractivity contribution is 7.99. The molecule has 0 radical (unpaired) electrons. The Bertz CT molecular complexity index is 396. The van der Waals surface area contributed by atoms with Crippen molar-refractivity contribution in [2.75, 3.05) is 16.8 Å². The third-order valence-electron chi connectivity index (χ3n) is 2.75. The zero-order valence-corrected chi connectivity index (χ0v) is 10.4. The number of thioether (sulfide) groups is 1. The monoisotopic (exact) mass is 238 g/mol. The molecule has 2 rings (SSSR count). The first-order valence-corrected chi connectivity index (χ1v) is 7.00. The molecule has 1 aliphatic rings. The van der Waals surface area contributed by atoms with Gasteiger partial charge in [0.2, 0.25) is 0 Å². The van der Waals surface area contributed by atoms with Gasteiger partial charge in [-0.3, -0.25) is 4.79 Å². The van der Waals surface area contributed by atoms with Gasteiger partial charge in [0, 0.05) is 30.6 Å². The summed E-state index contributed by atoms with van der Waals surface area (Å²) in [5, 5.41) is 3.49. The summed E-state index contributed by atoms with van der Waals surface area (Å²) < 4.78 is 1.78. The lowest BCUT2D eigenvalue weighted by molar-refractivity contribution is 0.653. The smallest absolute Gasteiger partial charge is 0.250 e. The second kappa shape index (κ2) is 5.43. The van der Waals surface area contributed by atoms with Gasteiger partial charge in [0.15, 0.2) is 0 Å². The molecule has 4 heteroatoms. The van der Waals surface area contributed by atoms with Gasteiger partial charge in [-0.25, -0.2) is 0 Å². The van der Waals surface area contributed by atoms with Crippen LogP contribution in [0, 0.1) is 0 Å². The molecule has 2 heterocycles. The molecule has 1 atom stereocenters. The van der Waals surface area contributed by atoms with E-state index in [4.69, 9.17) is 0 Å². The summed E-state index contributed by atoms with van der Waals surface area (Å²) in [7, 11) is 0. The van der Waals surface area contributed by atoms with E-state index in [0.717, 1.165) is 18.7 Å². The molecule has 1 aromatic heterocycles. The first-order chi connectivity index (χ1) is 7.79. The predicted molar refractivity (Wildman–Crippen MR) is 70.3 cm³/mol. The summed E-state index contributed by atoms with van der Waals surface area (Å²) in [5.74, 6) is 2.42. The number of nitrogens with one attached hydrogen (secondary N) is 1. The Labute approximate surface area is 100 Å². The van der Waals surface area contributed by atoms with Gasteiger partial charge < -0.3 is 9.88 Å². The van der Waals surface area contributed by atoms with Crippen LogP contribution in [-0.2, 0) is 6.54 Å². The maximum atomic E-state index is 11.5. The lowest BCUT2D eigenvalue weighted by Crippen LogP contribution is -2.22. The molecule has 1 aromatic rings. The molecule has 0 amide bonds. The summed E-state index contributed by atoms with van der Waals surface area (Å²) in [6, 6.07) is 4.11. The largest absolute Gasteiger partial charge is 0.380 e. The van der Waals surface area contributed by atoms with E-state index in [0.29, 0.717) is 6.04 Å². The normalized spacial score (nSPS) is 19.9.